The zero-order valence-electron chi connectivity index (χ0n) is 23.6. The van der Waals surface area contributed by atoms with Crippen LogP contribution in [0.15, 0.2) is 84.9 Å². The van der Waals surface area contributed by atoms with E-state index >= 15 is 0 Å². The van der Waals surface area contributed by atoms with Crippen molar-refractivity contribution < 1.29 is 33.8 Å². The van der Waals surface area contributed by atoms with Crippen LogP contribution in [0.25, 0.3) is 0 Å². The van der Waals surface area contributed by atoms with E-state index in [2.05, 4.69) is 5.32 Å². The molecule has 0 fully saturated rings. The predicted molar refractivity (Wildman–Crippen MR) is 156 cm³/mol. The Kier molecular flexibility index (Phi) is 10.3. The zero-order chi connectivity index (χ0) is 30.1. The van der Waals surface area contributed by atoms with Crippen molar-refractivity contribution in [3.05, 3.63) is 96.1 Å². The summed E-state index contributed by atoms with van der Waals surface area (Å²) in [6.45, 7) is 2.92. The van der Waals surface area contributed by atoms with Gasteiger partial charge in [0.05, 0.1) is 6.61 Å². The molecule has 2 N–H and O–H groups in total. The summed E-state index contributed by atoms with van der Waals surface area (Å²) >= 11 is 0. The van der Waals surface area contributed by atoms with Gasteiger partial charge in [-0.1, -0.05) is 72.8 Å². The molecule has 42 heavy (non-hydrogen) atoms. The van der Waals surface area contributed by atoms with E-state index in [0.717, 1.165) is 15.6 Å². The second-order valence-corrected chi connectivity index (χ2v) is 9.88. The lowest BCUT2D eigenvalue weighted by Crippen LogP contribution is -2.62. The molecule has 10 nitrogen and oxygen atoms in total. The number of hydrazine groups is 1. The van der Waals surface area contributed by atoms with Crippen molar-refractivity contribution in [2.45, 2.75) is 51.2 Å². The molecule has 0 aliphatic carbocycles. The Hall–Kier alpha value is -4.70. The van der Waals surface area contributed by atoms with E-state index in [1.54, 1.807) is 55.5 Å². The minimum absolute atomic E-state index is 0.0385. The Labute approximate surface area is 244 Å². The van der Waals surface area contributed by atoms with Gasteiger partial charge in [-0.3, -0.25) is 19.7 Å². The fourth-order valence-electron chi connectivity index (χ4n) is 4.93. The predicted octanol–water partition coefficient (Wildman–Crippen LogP) is 3.39. The molecule has 0 radical (unpaired) electrons. The largest absolute Gasteiger partial charge is 0.489 e. The van der Waals surface area contributed by atoms with Gasteiger partial charge in [0, 0.05) is 13.3 Å². The Morgan fingerprint density at radius 1 is 1.00 bits per heavy atom. The molecule has 3 atom stereocenters. The van der Waals surface area contributed by atoms with Gasteiger partial charge in [-0.25, -0.2) is 14.8 Å². The summed E-state index contributed by atoms with van der Waals surface area (Å²) in [6.07, 6.45) is 0.839. The lowest BCUT2D eigenvalue weighted by atomic mass is 10.0. The van der Waals surface area contributed by atoms with E-state index in [9.17, 15) is 24.3 Å². The van der Waals surface area contributed by atoms with Gasteiger partial charge in [0.15, 0.2) is 6.04 Å². The topological polar surface area (TPSA) is 125 Å². The molecule has 2 amide bonds. The van der Waals surface area contributed by atoms with Crippen molar-refractivity contribution >= 4 is 29.4 Å². The molecule has 3 aromatic carbocycles. The van der Waals surface area contributed by atoms with Crippen LogP contribution < -0.4 is 15.1 Å². The molecule has 1 unspecified atom stereocenters. The number of fused-ring (bicyclic) bond motifs is 1. The van der Waals surface area contributed by atoms with Crippen LogP contribution in [0.3, 0.4) is 0 Å². The minimum atomic E-state index is -1.40. The van der Waals surface area contributed by atoms with Crippen molar-refractivity contribution in [1.82, 2.24) is 10.3 Å². The lowest BCUT2D eigenvalue weighted by molar-refractivity contribution is -0.152. The Bertz CT molecular complexity index is 1380. The molecule has 4 rings (SSSR count). The molecule has 0 bridgehead atoms. The van der Waals surface area contributed by atoms with E-state index in [4.69, 9.17) is 9.47 Å². The zero-order valence-corrected chi connectivity index (χ0v) is 23.6. The molecule has 10 heteroatoms. The van der Waals surface area contributed by atoms with E-state index in [-0.39, 0.29) is 25.3 Å². The molecular formula is C32H35N3O7. The summed E-state index contributed by atoms with van der Waals surface area (Å²) in [5.41, 5.74) is 1.92. The van der Waals surface area contributed by atoms with Gasteiger partial charge < -0.3 is 14.6 Å². The molecule has 0 aromatic heterocycles. The van der Waals surface area contributed by atoms with Crippen molar-refractivity contribution in [2.24, 2.45) is 0 Å². The number of carbonyl (C=O) groups is 4. The Morgan fingerprint density at radius 3 is 2.24 bits per heavy atom. The van der Waals surface area contributed by atoms with Crippen molar-refractivity contribution in [3.8, 4) is 5.75 Å². The van der Waals surface area contributed by atoms with Gasteiger partial charge in [0.1, 0.15) is 30.1 Å². The van der Waals surface area contributed by atoms with Crippen molar-refractivity contribution in [2.75, 3.05) is 18.2 Å². The van der Waals surface area contributed by atoms with Gasteiger partial charge >= 0.3 is 11.9 Å². The van der Waals surface area contributed by atoms with Gasteiger partial charge in [0.25, 0.3) is 5.91 Å². The Balaban J connectivity index is 1.69. The average Bonchev–Trinajstić information content (AvgIpc) is 3.12. The fourth-order valence-corrected chi connectivity index (χ4v) is 4.93. The van der Waals surface area contributed by atoms with Crippen LogP contribution in [0.5, 0.6) is 5.75 Å². The number of carbonyl (C=O) groups excluding carboxylic acids is 3. The maximum absolute atomic E-state index is 14.3. The summed E-state index contributed by atoms with van der Waals surface area (Å²) in [4.78, 5) is 53.0. The van der Waals surface area contributed by atoms with Gasteiger partial charge in [-0.05, 0) is 43.0 Å². The second-order valence-electron chi connectivity index (χ2n) is 9.88. The van der Waals surface area contributed by atoms with Crippen LogP contribution in [-0.4, -0.2) is 65.2 Å². The number of aliphatic carboxylic acids is 1. The molecule has 0 saturated carbocycles. The van der Waals surface area contributed by atoms with Gasteiger partial charge in [0.2, 0.25) is 5.91 Å². The highest BCUT2D eigenvalue weighted by atomic mass is 16.5. The monoisotopic (exact) mass is 573 g/mol. The molecule has 220 valence electrons. The minimum Gasteiger partial charge on any atom is -0.489 e. The molecule has 3 aromatic rings. The third-order valence-electron chi connectivity index (χ3n) is 6.93. The second kappa shape index (κ2) is 14.3. The van der Waals surface area contributed by atoms with Crippen LogP contribution >= 0.6 is 0 Å². The number of anilines is 1. The van der Waals surface area contributed by atoms with E-state index in [1.807, 2.05) is 36.4 Å². The van der Waals surface area contributed by atoms with E-state index < -0.39 is 41.9 Å². The number of benzene rings is 3. The van der Waals surface area contributed by atoms with Crippen LogP contribution in [0, 0.1) is 0 Å². The summed E-state index contributed by atoms with van der Waals surface area (Å²) in [6, 6.07) is 21.7. The number of nitrogens with one attached hydrogen (secondary N) is 1. The number of carboxylic acid groups (broad SMARTS) is 1. The third-order valence-corrected chi connectivity index (χ3v) is 6.93. The van der Waals surface area contributed by atoms with Crippen LogP contribution in [0.1, 0.15) is 31.4 Å². The number of ether oxygens (including phenoxy) is 2. The first-order valence-electron chi connectivity index (χ1n) is 13.9. The first kappa shape index (κ1) is 30.3. The molecule has 0 saturated heterocycles. The molecule has 1 heterocycles. The van der Waals surface area contributed by atoms with E-state index in [1.165, 1.54) is 6.92 Å². The number of nitrogens with zero attached hydrogens (tertiary/aromatic N) is 2. The average molecular weight is 574 g/mol. The number of hydrogen-bond acceptors (Lipinski definition) is 7. The molecule has 1 aliphatic heterocycles. The van der Waals surface area contributed by atoms with Crippen molar-refractivity contribution in [3.63, 3.8) is 0 Å². The summed E-state index contributed by atoms with van der Waals surface area (Å²) in [5, 5.41) is 15.4. The highest BCUT2D eigenvalue weighted by Gasteiger charge is 2.42. The third kappa shape index (κ3) is 7.32. The van der Waals surface area contributed by atoms with Crippen LogP contribution in [0.4, 0.5) is 5.69 Å². The highest BCUT2D eigenvalue weighted by Crippen LogP contribution is 2.34. The summed E-state index contributed by atoms with van der Waals surface area (Å²) in [5.74, 6) is -2.79. The summed E-state index contributed by atoms with van der Waals surface area (Å²) < 4.78 is 11.3. The Morgan fingerprint density at radius 2 is 1.62 bits per heavy atom. The number of carboxylic acids is 1. The maximum atomic E-state index is 14.3. The smallest absolute Gasteiger partial charge is 0.328 e. The molecular weight excluding hydrogens is 538 g/mol. The SMILES string of the molecule is CCOC(=O)[C@H](CCc1ccccc1)NC1COc2ccccc2N(N(C(C)=O)[C@@H](Cc2ccccc2)C(=O)O)C1=O. The normalized spacial score (nSPS) is 15.9. The maximum Gasteiger partial charge on any atom is 0.328 e. The molecule has 1 aliphatic rings. The van der Waals surface area contributed by atoms with Crippen molar-refractivity contribution in [1.29, 1.82) is 0 Å². The fraction of sp³-hybridized carbons (Fsp3) is 0.312. The number of hydrogen-bond donors (Lipinski definition) is 2. The number of para-hydroxylation sites is 2. The number of rotatable bonds is 12. The van der Waals surface area contributed by atoms with Crippen LogP contribution in [0.2, 0.25) is 0 Å². The van der Waals surface area contributed by atoms with Gasteiger partial charge in [-0.15, -0.1) is 0 Å². The first-order chi connectivity index (χ1) is 20.3. The highest BCUT2D eigenvalue weighted by molar-refractivity contribution is 6.02. The number of amides is 2. The lowest BCUT2D eigenvalue weighted by Gasteiger charge is -2.38. The van der Waals surface area contributed by atoms with Gasteiger partial charge in [-0.2, -0.15) is 0 Å². The van der Waals surface area contributed by atoms with E-state index in [0.29, 0.717) is 24.2 Å². The first-order valence-corrected chi connectivity index (χ1v) is 13.9. The number of esters is 1. The molecule has 0 spiro atoms. The summed E-state index contributed by atoms with van der Waals surface area (Å²) in [7, 11) is 0. The standard InChI is InChI=1S/C32H35N3O7/c1-3-41-32(40)25(19-18-23-12-6-4-7-13-23)33-26-21-42-29-17-11-10-16-27(29)35(30(26)37)34(22(2)36)28(31(38)39)20-24-14-8-5-9-15-24/h4-17,25-26,28,33H,3,18-21H2,1-2H3,(H,38,39)/t25-,26?,28-/m0/s1. The number of aryl methyl sites for hydroxylation is 1. The van der Waals surface area contributed by atoms with Crippen LogP contribution in [-0.2, 0) is 36.8 Å². The quantitative estimate of drug-likeness (QED) is 0.316.